The molecule has 2 aliphatic heterocycles. The van der Waals surface area contributed by atoms with Gasteiger partial charge in [0, 0.05) is 18.7 Å². The molecule has 0 radical (unpaired) electrons. The van der Waals surface area contributed by atoms with Crippen LogP contribution in [0.4, 0.5) is 10.1 Å². The summed E-state index contributed by atoms with van der Waals surface area (Å²) in [4.78, 5) is 4.17. The number of aliphatic imine (C=N–C) groups is 1. The predicted molar refractivity (Wildman–Crippen MR) is 112 cm³/mol. The highest BCUT2D eigenvalue weighted by Gasteiger charge is 2.39. The van der Waals surface area contributed by atoms with Crippen molar-refractivity contribution in [2.24, 2.45) is 4.99 Å². The summed E-state index contributed by atoms with van der Waals surface area (Å²) in [5.41, 5.74) is 0.492. The van der Waals surface area contributed by atoms with Crippen LogP contribution in [0, 0.1) is 5.82 Å². The summed E-state index contributed by atoms with van der Waals surface area (Å²) >= 11 is 6.21. The lowest BCUT2D eigenvalue weighted by Crippen LogP contribution is -2.41. The monoisotopic (exact) mass is 452 g/mol. The van der Waals surface area contributed by atoms with E-state index < -0.39 is 15.8 Å². The Morgan fingerprint density at radius 1 is 1.20 bits per heavy atom. The van der Waals surface area contributed by atoms with Gasteiger partial charge in [-0.25, -0.2) is 17.8 Å². The van der Waals surface area contributed by atoms with E-state index in [2.05, 4.69) is 4.99 Å². The zero-order valence-corrected chi connectivity index (χ0v) is 17.9. The van der Waals surface area contributed by atoms with Gasteiger partial charge >= 0.3 is 0 Å². The van der Waals surface area contributed by atoms with Crippen molar-refractivity contribution in [1.82, 2.24) is 4.31 Å². The number of benzene rings is 2. The highest BCUT2D eigenvalue weighted by Crippen LogP contribution is 2.29. The van der Waals surface area contributed by atoms with Gasteiger partial charge in [0.1, 0.15) is 17.1 Å². The average Bonchev–Trinajstić information content (AvgIpc) is 3.43. The standard InChI is InChI=1S/C21H22ClFN2O4S/c1-14-21(28-14)29-16-9-11-25(12-10-16)30(26,27)17-7-8-19(23)18(13-17)20(22)24-15-5-3-2-4-6-15/h2-8,13-14,16,21H,9-12H2,1H3. The Hall–Kier alpha value is -1.84. The summed E-state index contributed by atoms with van der Waals surface area (Å²) in [6.07, 6.45) is 1.06. The van der Waals surface area contributed by atoms with Gasteiger partial charge in [0.05, 0.1) is 16.7 Å². The van der Waals surface area contributed by atoms with Crippen LogP contribution in [0.25, 0.3) is 0 Å². The fraction of sp³-hybridized carbons (Fsp3) is 0.381. The average molecular weight is 453 g/mol. The largest absolute Gasteiger partial charge is 0.347 e. The van der Waals surface area contributed by atoms with E-state index in [1.807, 2.05) is 13.0 Å². The van der Waals surface area contributed by atoms with Crippen molar-refractivity contribution in [3.05, 3.63) is 59.9 Å². The second-order valence-electron chi connectivity index (χ2n) is 7.33. The summed E-state index contributed by atoms with van der Waals surface area (Å²) in [5, 5.41) is -0.110. The molecule has 160 valence electrons. The zero-order chi connectivity index (χ0) is 21.3. The fourth-order valence-electron chi connectivity index (χ4n) is 3.36. The van der Waals surface area contributed by atoms with Gasteiger partial charge < -0.3 is 9.47 Å². The maximum absolute atomic E-state index is 14.4. The first-order chi connectivity index (χ1) is 14.3. The minimum absolute atomic E-state index is 0.0150. The molecule has 0 amide bonds. The SMILES string of the molecule is CC1OC1OC1CCN(S(=O)(=O)c2ccc(F)c(C(Cl)=Nc3ccccc3)c2)CC1. The maximum Gasteiger partial charge on any atom is 0.243 e. The van der Waals surface area contributed by atoms with Gasteiger partial charge in [-0.2, -0.15) is 4.31 Å². The molecule has 0 aliphatic carbocycles. The topological polar surface area (TPSA) is 71.5 Å². The first-order valence-electron chi connectivity index (χ1n) is 9.75. The Kier molecular flexibility index (Phi) is 6.22. The number of halogens is 2. The number of hydrogen-bond acceptors (Lipinski definition) is 5. The van der Waals surface area contributed by atoms with E-state index in [1.165, 1.54) is 16.4 Å². The van der Waals surface area contributed by atoms with Crippen LogP contribution in [0.2, 0.25) is 0 Å². The quantitative estimate of drug-likeness (QED) is 0.489. The van der Waals surface area contributed by atoms with Crippen molar-refractivity contribution in [3.8, 4) is 0 Å². The molecule has 6 nitrogen and oxygen atoms in total. The van der Waals surface area contributed by atoms with E-state index in [0.717, 1.165) is 6.07 Å². The number of para-hydroxylation sites is 1. The Morgan fingerprint density at radius 2 is 1.87 bits per heavy atom. The third-order valence-electron chi connectivity index (χ3n) is 5.16. The Morgan fingerprint density at radius 3 is 2.50 bits per heavy atom. The van der Waals surface area contributed by atoms with Gasteiger partial charge in [0.15, 0.2) is 6.29 Å². The predicted octanol–water partition coefficient (Wildman–Crippen LogP) is 4.06. The van der Waals surface area contributed by atoms with Crippen LogP contribution in [0.1, 0.15) is 25.3 Å². The van der Waals surface area contributed by atoms with Gasteiger partial charge in [0.2, 0.25) is 10.0 Å². The van der Waals surface area contributed by atoms with Gasteiger partial charge in [-0.05, 0) is 50.1 Å². The third-order valence-corrected chi connectivity index (χ3v) is 7.35. The van der Waals surface area contributed by atoms with Gasteiger partial charge in [-0.3, -0.25) is 0 Å². The van der Waals surface area contributed by atoms with Crippen LogP contribution in [0.5, 0.6) is 0 Å². The third kappa shape index (κ3) is 4.73. The molecule has 30 heavy (non-hydrogen) atoms. The van der Waals surface area contributed by atoms with Crippen molar-refractivity contribution in [1.29, 1.82) is 0 Å². The number of piperidine rings is 1. The molecule has 4 rings (SSSR count). The number of rotatable bonds is 6. The lowest BCUT2D eigenvalue weighted by Gasteiger charge is -2.31. The smallest absolute Gasteiger partial charge is 0.243 e. The zero-order valence-electron chi connectivity index (χ0n) is 16.4. The number of sulfonamides is 1. The molecule has 2 fully saturated rings. The number of ether oxygens (including phenoxy) is 2. The first-order valence-corrected chi connectivity index (χ1v) is 11.6. The van der Waals surface area contributed by atoms with Crippen LogP contribution < -0.4 is 0 Å². The maximum atomic E-state index is 14.4. The number of epoxide rings is 1. The molecule has 2 unspecified atom stereocenters. The minimum atomic E-state index is -3.79. The summed E-state index contributed by atoms with van der Waals surface area (Å²) in [6.45, 7) is 2.59. The van der Waals surface area contributed by atoms with Crippen LogP contribution in [0.15, 0.2) is 58.4 Å². The molecule has 2 atom stereocenters. The van der Waals surface area contributed by atoms with Crippen molar-refractivity contribution in [3.63, 3.8) is 0 Å². The molecule has 2 aliphatic rings. The first kappa shape index (κ1) is 21.4. The summed E-state index contributed by atoms with van der Waals surface area (Å²) in [5.74, 6) is -0.635. The van der Waals surface area contributed by atoms with E-state index in [0.29, 0.717) is 31.6 Å². The molecule has 9 heteroatoms. The summed E-state index contributed by atoms with van der Waals surface area (Å²) in [7, 11) is -3.79. The minimum Gasteiger partial charge on any atom is -0.347 e. The molecule has 0 bridgehead atoms. The lowest BCUT2D eigenvalue weighted by molar-refractivity contribution is -0.0322. The number of hydrogen-bond donors (Lipinski definition) is 0. The van der Waals surface area contributed by atoms with Crippen LogP contribution >= 0.6 is 11.6 Å². The summed E-state index contributed by atoms with van der Waals surface area (Å²) < 4.78 is 53.0. The van der Waals surface area contributed by atoms with Gasteiger partial charge in [-0.15, -0.1) is 0 Å². The second-order valence-corrected chi connectivity index (χ2v) is 9.62. The van der Waals surface area contributed by atoms with Crippen molar-refractivity contribution >= 4 is 32.5 Å². The van der Waals surface area contributed by atoms with E-state index in [1.54, 1.807) is 24.3 Å². The molecule has 2 saturated heterocycles. The Balaban J connectivity index is 1.51. The fourth-order valence-corrected chi connectivity index (χ4v) is 5.09. The summed E-state index contributed by atoms with van der Waals surface area (Å²) in [6, 6.07) is 12.4. The lowest BCUT2D eigenvalue weighted by atomic mass is 10.1. The van der Waals surface area contributed by atoms with Crippen molar-refractivity contribution < 1.29 is 22.3 Å². The van der Waals surface area contributed by atoms with Crippen LogP contribution in [-0.4, -0.2) is 49.5 Å². The van der Waals surface area contributed by atoms with E-state index >= 15 is 0 Å². The van der Waals surface area contributed by atoms with Gasteiger partial charge in [0.25, 0.3) is 0 Å². The van der Waals surface area contributed by atoms with Gasteiger partial charge in [-0.1, -0.05) is 29.8 Å². The van der Waals surface area contributed by atoms with E-state index in [4.69, 9.17) is 21.1 Å². The van der Waals surface area contributed by atoms with Crippen molar-refractivity contribution in [2.75, 3.05) is 13.1 Å². The van der Waals surface area contributed by atoms with E-state index in [-0.39, 0.29) is 34.1 Å². The molecule has 0 N–H and O–H groups in total. The molecule has 0 spiro atoms. The molecule has 2 heterocycles. The van der Waals surface area contributed by atoms with Crippen LogP contribution in [0.3, 0.4) is 0 Å². The van der Waals surface area contributed by atoms with Crippen LogP contribution in [-0.2, 0) is 19.5 Å². The molecule has 2 aromatic carbocycles. The van der Waals surface area contributed by atoms with E-state index in [9.17, 15) is 12.8 Å². The molecule has 0 aromatic heterocycles. The second kappa shape index (κ2) is 8.72. The molecule has 0 saturated carbocycles. The Bertz CT molecular complexity index is 1040. The number of nitrogens with zero attached hydrogens (tertiary/aromatic N) is 2. The highest BCUT2D eigenvalue weighted by atomic mass is 35.5. The molecular weight excluding hydrogens is 431 g/mol. The molecular formula is C21H22ClFN2O4S. The Labute approximate surface area is 180 Å². The molecule has 2 aromatic rings. The van der Waals surface area contributed by atoms with Crippen molar-refractivity contribution in [2.45, 2.75) is 43.2 Å². The normalized spacial score (nSPS) is 23.5. The highest BCUT2D eigenvalue weighted by molar-refractivity contribution is 7.89.